The van der Waals surface area contributed by atoms with Crippen molar-refractivity contribution in [2.45, 2.75) is 17.7 Å². The molecule has 2 N–H and O–H groups in total. The Kier molecular flexibility index (Phi) is 4.42. The van der Waals surface area contributed by atoms with Gasteiger partial charge in [-0.3, -0.25) is 0 Å². The molecule has 0 unspecified atom stereocenters. The first-order valence-corrected chi connectivity index (χ1v) is 4.11. The Morgan fingerprint density at radius 1 is 1.06 bits per heavy atom. The topological polar surface area (TPSA) is 83.8 Å². The monoisotopic (exact) mass is 278 g/mol. The Balaban J connectivity index is 5.79. The molecule has 0 bridgehead atoms. The summed E-state index contributed by atoms with van der Waals surface area (Å²) in [6.07, 6.45) is 0.560. The van der Waals surface area contributed by atoms with Crippen molar-refractivity contribution in [1.29, 1.82) is 0 Å². The lowest BCUT2D eigenvalue weighted by Gasteiger charge is -2.33. The zero-order chi connectivity index (χ0) is 14.8. The third-order valence-corrected chi connectivity index (χ3v) is 1.74. The first-order chi connectivity index (χ1) is 7.95. The van der Waals surface area contributed by atoms with Crippen LogP contribution >= 0.6 is 0 Å². The second kappa shape index (κ2) is 4.88. The first kappa shape index (κ1) is 16.3. The lowest BCUT2D eigenvalue weighted by atomic mass is 10.0. The van der Waals surface area contributed by atoms with Crippen molar-refractivity contribution in [3.05, 3.63) is 12.7 Å². The quantitative estimate of drug-likeness (QED) is 0.541. The second-order valence-electron chi connectivity index (χ2n) is 2.95. The molecule has 0 aliphatic rings. The van der Waals surface area contributed by atoms with Crippen molar-refractivity contribution in [1.82, 2.24) is 0 Å². The van der Waals surface area contributed by atoms with Gasteiger partial charge in [-0.2, -0.15) is 22.0 Å². The number of rotatable bonds is 7. The fourth-order valence-corrected chi connectivity index (χ4v) is 0.827. The zero-order valence-electron chi connectivity index (χ0n) is 8.50. The Morgan fingerprint density at radius 3 is 1.61 bits per heavy atom. The van der Waals surface area contributed by atoms with E-state index in [2.05, 4.69) is 11.3 Å². The van der Waals surface area contributed by atoms with Crippen LogP contribution in [0.5, 0.6) is 0 Å². The van der Waals surface area contributed by atoms with Gasteiger partial charge in [-0.1, -0.05) is 6.08 Å². The van der Waals surface area contributed by atoms with E-state index in [0.29, 0.717) is 6.08 Å². The molecule has 0 heterocycles. The third kappa shape index (κ3) is 2.28. The van der Waals surface area contributed by atoms with Crippen LogP contribution in [0.4, 0.5) is 22.0 Å². The van der Waals surface area contributed by atoms with Gasteiger partial charge in [-0.05, 0) is 0 Å². The van der Waals surface area contributed by atoms with E-state index in [1.54, 1.807) is 0 Å². The fourth-order valence-electron chi connectivity index (χ4n) is 0.827. The standard InChI is InChI=1S/C8H7F5O5/c1-2-3-18-8(13,6(9,10)4(14)15)7(11,12)5(16)17/h2H,1,3H2,(H,14,15)(H,16,17). The Labute approximate surface area is 96.5 Å². The lowest BCUT2D eigenvalue weighted by Crippen LogP contribution is -2.65. The average molecular weight is 278 g/mol. The molecule has 0 atom stereocenters. The number of ether oxygens (including phenoxy) is 1. The number of carboxylic acid groups (broad SMARTS) is 2. The number of carbonyl (C=O) groups is 2. The Hall–Kier alpha value is -1.71. The number of carboxylic acids is 2. The lowest BCUT2D eigenvalue weighted by molar-refractivity contribution is -0.344. The van der Waals surface area contributed by atoms with E-state index in [9.17, 15) is 31.5 Å². The molecular weight excluding hydrogens is 271 g/mol. The van der Waals surface area contributed by atoms with E-state index < -0.39 is 36.2 Å². The molecule has 0 aromatic carbocycles. The van der Waals surface area contributed by atoms with Crippen molar-refractivity contribution < 1.29 is 46.5 Å². The molecule has 104 valence electrons. The largest absolute Gasteiger partial charge is 0.477 e. The van der Waals surface area contributed by atoms with Gasteiger partial charge in [0.05, 0.1) is 6.61 Å². The van der Waals surface area contributed by atoms with Crippen LogP contribution in [0.25, 0.3) is 0 Å². The van der Waals surface area contributed by atoms with Crippen LogP contribution in [0, 0.1) is 0 Å². The number of alkyl halides is 5. The van der Waals surface area contributed by atoms with Crippen molar-refractivity contribution in [2.24, 2.45) is 0 Å². The Morgan fingerprint density at radius 2 is 1.39 bits per heavy atom. The van der Waals surface area contributed by atoms with Crippen LogP contribution in [0.2, 0.25) is 0 Å². The van der Waals surface area contributed by atoms with E-state index in [4.69, 9.17) is 10.2 Å². The van der Waals surface area contributed by atoms with E-state index in [1.165, 1.54) is 0 Å². The highest BCUT2D eigenvalue weighted by Gasteiger charge is 2.78. The summed E-state index contributed by atoms with van der Waals surface area (Å²) in [5.74, 6) is -23.7. The van der Waals surface area contributed by atoms with Gasteiger partial charge < -0.3 is 14.9 Å². The van der Waals surface area contributed by atoms with Gasteiger partial charge in [0.15, 0.2) is 0 Å². The fraction of sp³-hybridized carbons (Fsp3) is 0.500. The van der Waals surface area contributed by atoms with Crippen molar-refractivity contribution in [3.8, 4) is 0 Å². The van der Waals surface area contributed by atoms with Crippen molar-refractivity contribution in [2.75, 3.05) is 6.61 Å². The van der Waals surface area contributed by atoms with Crippen LogP contribution in [-0.4, -0.2) is 46.5 Å². The predicted molar refractivity (Wildman–Crippen MR) is 45.2 cm³/mol. The Bertz CT molecular complexity index is 341. The SMILES string of the molecule is C=CCOC(F)(C(F)(F)C(=O)O)C(F)(F)C(=O)O. The average Bonchev–Trinajstić information content (AvgIpc) is 2.24. The molecule has 0 fully saturated rings. The van der Waals surface area contributed by atoms with Crippen LogP contribution in [0.15, 0.2) is 12.7 Å². The molecule has 0 aromatic rings. The van der Waals surface area contributed by atoms with Gasteiger partial charge in [0.1, 0.15) is 0 Å². The maximum Gasteiger partial charge on any atom is 0.406 e. The number of hydrogen-bond acceptors (Lipinski definition) is 3. The van der Waals surface area contributed by atoms with Crippen LogP contribution in [-0.2, 0) is 14.3 Å². The summed E-state index contributed by atoms with van der Waals surface area (Å²) in [6, 6.07) is 0. The summed E-state index contributed by atoms with van der Waals surface area (Å²) in [7, 11) is 0. The summed E-state index contributed by atoms with van der Waals surface area (Å²) in [5, 5.41) is 16.0. The zero-order valence-corrected chi connectivity index (χ0v) is 8.50. The minimum atomic E-state index is -5.78. The number of hydrogen-bond donors (Lipinski definition) is 2. The van der Waals surface area contributed by atoms with Crippen LogP contribution in [0.1, 0.15) is 0 Å². The summed E-state index contributed by atoms with van der Waals surface area (Å²) in [5.41, 5.74) is 0. The highest BCUT2D eigenvalue weighted by atomic mass is 19.3. The molecule has 5 nitrogen and oxygen atoms in total. The van der Waals surface area contributed by atoms with Gasteiger partial charge in [0.25, 0.3) is 0 Å². The molecular formula is C8H7F5O5. The second-order valence-corrected chi connectivity index (χ2v) is 2.95. The minimum absolute atomic E-state index is 0.560. The molecule has 0 aliphatic carbocycles. The molecule has 0 aliphatic heterocycles. The van der Waals surface area contributed by atoms with E-state index in [-0.39, 0.29) is 0 Å². The number of halogens is 5. The minimum Gasteiger partial charge on any atom is -0.477 e. The molecule has 0 amide bonds. The van der Waals surface area contributed by atoms with Gasteiger partial charge in [0, 0.05) is 0 Å². The van der Waals surface area contributed by atoms with Gasteiger partial charge in [-0.25, -0.2) is 9.59 Å². The highest BCUT2D eigenvalue weighted by Crippen LogP contribution is 2.45. The van der Waals surface area contributed by atoms with Gasteiger partial charge in [0.2, 0.25) is 0 Å². The van der Waals surface area contributed by atoms with Crippen molar-refractivity contribution in [3.63, 3.8) is 0 Å². The summed E-state index contributed by atoms with van der Waals surface area (Å²) in [6.45, 7) is 1.59. The highest BCUT2D eigenvalue weighted by molar-refractivity contribution is 5.82. The van der Waals surface area contributed by atoms with Crippen LogP contribution in [0.3, 0.4) is 0 Å². The number of aliphatic carboxylic acids is 2. The van der Waals surface area contributed by atoms with Crippen molar-refractivity contribution >= 4 is 11.9 Å². The summed E-state index contributed by atoms with van der Waals surface area (Å²) < 4.78 is 68.5. The molecule has 0 radical (unpaired) electrons. The van der Waals surface area contributed by atoms with Gasteiger partial charge >= 0.3 is 29.6 Å². The maximum absolute atomic E-state index is 13.5. The normalized spacial score (nSPS) is 13.2. The maximum atomic E-state index is 13.5. The summed E-state index contributed by atoms with van der Waals surface area (Å²) >= 11 is 0. The third-order valence-electron chi connectivity index (χ3n) is 1.74. The molecule has 18 heavy (non-hydrogen) atoms. The summed E-state index contributed by atoms with van der Waals surface area (Å²) in [4.78, 5) is 20.2. The van der Waals surface area contributed by atoms with Gasteiger partial charge in [-0.15, -0.1) is 6.58 Å². The van der Waals surface area contributed by atoms with E-state index in [0.717, 1.165) is 0 Å². The smallest absolute Gasteiger partial charge is 0.406 e. The molecule has 0 rings (SSSR count). The van der Waals surface area contributed by atoms with E-state index in [1.807, 2.05) is 0 Å². The molecule has 0 spiro atoms. The molecule has 0 aromatic heterocycles. The molecule has 0 saturated carbocycles. The first-order valence-electron chi connectivity index (χ1n) is 4.11. The predicted octanol–water partition coefficient (Wildman–Crippen LogP) is 1.29. The molecule has 0 saturated heterocycles. The molecule has 10 heteroatoms. The van der Waals surface area contributed by atoms with E-state index >= 15 is 0 Å². The van der Waals surface area contributed by atoms with Crippen LogP contribution < -0.4 is 0 Å².